The highest BCUT2D eigenvalue weighted by Gasteiger charge is 2.07. The molecule has 0 radical (unpaired) electrons. The molecule has 1 atom stereocenters. The number of benzene rings is 1. The Bertz CT molecular complexity index is 274. The Morgan fingerprint density at radius 2 is 1.87 bits per heavy atom. The second-order valence-corrected chi connectivity index (χ2v) is 3.76. The van der Waals surface area contributed by atoms with Crippen LogP contribution in [0.1, 0.15) is 6.42 Å². The molecule has 1 aromatic rings. The van der Waals surface area contributed by atoms with Crippen molar-refractivity contribution in [1.82, 2.24) is 0 Å². The summed E-state index contributed by atoms with van der Waals surface area (Å²) >= 11 is 5.72. The summed E-state index contributed by atoms with van der Waals surface area (Å²) < 4.78 is 5.44. The molecule has 1 aromatic carbocycles. The van der Waals surface area contributed by atoms with E-state index in [1.54, 1.807) is 24.3 Å². The molecule has 0 saturated heterocycles. The number of rotatable bonds is 6. The van der Waals surface area contributed by atoms with E-state index in [0.717, 1.165) is 5.75 Å². The van der Waals surface area contributed by atoms with Gasteiger partial charge in [0, 0.05) is 24.2 Å². The molecule has 1 rings (SSSR count). The Hall–Kier alpha value is -0.770. The lowest BCUT2D eigenvalue weighted by molar-refractivity contribution is 0.134. The number of aliphatic hydroxyl groups is 2. The summed E-state index contributed by atoms with van der Waals surface area (Å²) in [5.41, 5.74) is 0. The van der Waals surface area contributed by atoms with Gasteiger partial charge in [0.2, 0.25) is 0 Å². The summed E-state index contributed by atoms with van der Waals surface area (Å²) in [5.74, 6) is 0.696. The predicted octanol–water partition coefficient (Wildman–Crippen LogP) is 1.71. The number of hydrogen-bond acceptors (Lipinski definition) is 3. The standard InChI is InChI=1S/C11H15ClO3/c12-10-1-3-11(4-2-10)15-8-9(7-14)5-6-13/h1-4,9,13-14H,5-8H2. The van der Waals surface area contributed by atoms with E-state index >= 15 is 0 Å². The van der Waals surface area contributed by atoms with E-state index in [9.17, 15) is 0 Å². The Kier molecular flexibility index (Phi) is 5.47. The van der Waals surface area contributed by atoms with Crippen LogP contribution < -0.4 is 4.74 Å². The summed E-state index contributed by atoms with van der Waals surface area (Å²) in [5, 5.41) is 18.3. The molecule has 0 heterocycles. The van der Waals surface area contributed by atoms with Crippen molar-refractivity contribution in [2.24, 2.45) is 5.92 Å². The first-order valence-electron chi connectivity index (χ1n) is 4.86. The number of aliphatic hydroxyl groups excluding tert-OH is 2. The highest BCUT2D eigenvalue weighted by atomic mass is 35.5. The van der Waals surface area contributed by atoms with Crippen molar-refractivity contribution in [3.63, 3.8) is 0 Å². The van der Waals surface area contributed by atoms with E-state index < -0.39 is 0 Å². The second-order valence-electron chi connectivity index (χ2n) is 3.33. The van der Waals surface area contributed by atoms with E-state index in [4.69, 9.17) is 26.6 Å². The van der Waals surface area contributed by atoms with Crippen molar-refractivity contribution in [3.05, 3.63) is 29.3 Å². The van der Waals surface area contributed by atoms with Crippen LogP contribution in [0.2, 0.25) is 5.02 Å². The second kappa shape index (κ2) is 6.67. The average molecular weight is 231 g/mol. The van der Waals surface area contributed by atoms with Gasteiger partial charge >= 0.3 is 0 Å². The first kappa shape index (κ1) is 12.3. The first-order valence-corrected chi connectivity index (χ1v) is 5.24. The number of halogens is 1. The van der Waals surface area contributed by atoms with Gasteiger partial charge in [-0.3, -0.25) is 0 Å². The smallest absolute Gasteiger partial charge is 0.119 e. The molecule has 0 spiro atoms. The fraction of sp³-hybridized carbons (Fsp3) is 0.455. The maximum Gasteiger partial charge on any atom is 0.119 e. The zero-order chi connectivity index (χ0) is 11.1. The highest BCUT2D eigenvalue weighted by Crippen LogP contribution is 2.16. The average Bonchev–Trinajstić information content (AvgIpc) is 2.26. The van der Waals surface area contributed by atoms with Crippen molar-refractivity contribution in [1.29, 1.82) is 0 Å². The van der Waals surface area contributed by atoms with Crippen LogP contribution in [0.4, 0.5) is 0 Å². The van der Waals surface area contributed by atoms with Crippen LogP contribution in [0.15, 0.2) is 24.3 Å². The lowest BCUT2D eigenvalue weighted by atomic mass is 10.1. The normalized spacial score (nSPS) is 12.5. The van der Waals surface area contributed by atoms with Gasteiger partial charge in [-0.1, -0.05) is 11.6 Å². The third-order valence-electron chi connectivity index (χ3n) is 2.09. The maximum atomic E-state index is 8.97. The van der Waals surface area contributed by atoms with Gasteiger partial charge in [-0.25, -0.2) is 0 Å². The van der Waals surface area contributed by atoms with E-state index in [0.29, 0.717) is 18.1 Å². The highest BCUT2D eigenvalue weighted by molar-refractivity contribution is 6.30. The number of hydrogen-bond donors (Lipinski definition) is 2. The van der Waals surface area contributed by atoms with E-state index in [1.165, 1.54) is 0 Å². The zero-order valence-electron chi connectivity index (χ0n) is 8.40. The van der Waals surface area contributed by atoms with Gasteiger partial charge in [0.25, 0.3) is 0 Å². The molecule has 4 heteroatoms. The summed E-state index contributed by atoms with van der Waals surface area (Å²) in [6, 6.07) is 7.04. The van der Waals surface area contributed by atoms with Gasteiger partial charge in [-0.15, -0.1) is 0 Å². The maximum absolute atomic E-state index is 8.97. The molecule has 0 aromatic heterocycles. The summed E-state index contributed by atoms with van der Waals surface area (Å²) in [6.45, 7) is 0.488. The largest absolute Gasteiger partial charge is 0.493 e. The third kappa shape index (κ3) is 4.51. The monoisotopic (exact) mass is 230 g/mol. The van der Waals surface area contributed by atoms with Crippen LogP contribution in [0.5, 0.6) is 5.75 Å². The summed E-state index contributed by atoms with van der Waals surface area (Å²) in [7, 11) is 0. The van der Waals surface area contributed by atoms with Gasteiger partial charge in [-0.2, -0.15) is 0 Å². The predicted molar refractivity (Wildman–Crippen MR) is 59.2 cm³/mol. The van der Waals surface area contributed by atoms with Crippen LogP contribution in [-0.4, -0.2) is 30.0 Å². The van der Waals surface area contributed by atoms with E-state index in [1.807, 2.05) is 0 Å². The van der Waals surface area contributed by atoms with Crippen molar-refractivity contribution < 1.29 is 14.9 Å². The molecule has 0 saturated carbocycles. The zero-order valence-corrected chi connectivity index (χ0v) is 9.15. The minimum Gasteiger partial charge on any atom is -0.493 e. The molecule has 0 aliphatic heterocycles. The number of ether oxygens (including phenoxy) is 1. The van der Waals surface area contributed by atoms with Crippen LogP contribution in [0.3, 0.4) is 0 Å². The van der Waals surface area contributed by atoms with Crippen molar-refractivity contribution in [2.75, 3.05) is 19.8 Å². The van der Waals surface area contributed by atoms with Gasteiger partial charge in [0.1, 0.15) is 5.75 Å². The van der Waals surface area contributed by atoms with Crippen LogP contribution >= 0.6 is 11.6 Å². The topological polar surface area (TPSA) is 49.7 Å². The van der Waals surface area contributed by atoms with Gasteiger partial charge < -0.3 is 14.9 Å². The van der Waals surface area contributed by atoms with Crippen LogP contribution in [0, 0.1) is 5.92 Å². The minimum absolute atomic E-state index is 0.0220. The van der Waals surface area contributed by atoms with E-state index in [2.05, 4.69) is 0 Å². The molecule has 1 unspecified atom stereocenters. The molecule has 2 N–H and O–H groups in total. The third-order valence-corrected chi connectivity index (χ3v) is 2.35. The molecular weight excluding hydrogens is 216 g/mol. The molecule has 0 aliphatic carbocycles. The first-order chi connectivity index (χ1) is 7.26. The van der Waals surface area contributed by atoms with Gasteiger partial charge in [0.15, 0.2) is 0 Å². The molecule has 0 fully saturated rings. The minimum atomic E-state index is -0.0225. The van der Waals surface area contributed by atoms with E-state index in [-0.39, 0.29) is 19.1 Å². The van der Waals surface area contributed by atoms with Crippen molar-refractivity contribution >= 4 is 11.6 Å². The van der Waals surface area contributed by atoms with Crippen molar-refractivity contribution in [3.8, 4) is 5.75 Å². The molecule has 0 amide bonds. The molecule has 15 heavy (non-hydrogen) atoms. The quantitative estimate of drug-likeness (QED) is 0.782. The fourth-order valence-corrected chi connectivity index (χ4v) is 1.28. The lowest BCUT2D eigenvalue weighted by Crippen LogP contribution is -2.17. The van der Waals surface area contributed by atoms with Gasteiger partial charge in [-0.05, 0) is 30.7 Å². The molecular formula is C11H15ClO3. The van der Waals surface area contributed by atoms with Crippen LogP contribution in [0.25, 0.3) is 0 Å². The van der Waals surface area contributed by atoms with Crippen LogP contribution in [-0.2, 0) is 0 Å². The Balaban J connectivity index is 2.38. The van der Waals surface area contributed by atoms with Gasteiger partial charge in [0.05, 0.1) is 6.61 Å². The SMILES string of the molecule is OCCC(CO)COc1ccc(Cl)cc1. The molecule has 3 nitrogen and oxygen atoms in total. The van der Waals surface area contributed by atoms with Crippen molar-refractivity contribution in [2.45, 2.75) is 6.42 Å². The lowest BCUT2D eigenvalue weighted by Gasteiger charge is -2.13. The summed E-state index contributed by atoms with van der Waals surface area (Å²) in [6.07, 6.45) is 0.546. The Morgan fingerprint density at radius 1 is 1.20 bits per heavy atom. The molecule has 84 valence electrons. The summed E-state index contributed by atoms with van der Waals surface area (Å²) in [4.78, 5) is 0. The molecule has 0 aliphatic rings. The molecule has 0 bridgehead atoms. The Labute approximate surface area is 94.3 Å². The Morgan fingerprint density at radius 3 is 2.40 bits per heavy atom. The fourth-order valence-electron chi connectivity index (χ4n) is 1.15.